The predicted octanol–water partition coefficient (Wildman–Crippen LogP) is 19.4. The van der Waals surface area contributed by atoms with Crippen molar-refractivity contribution in [1.29, 1.82) is 0 Å². The second kappa shape index (κ2) is 37.3. The van der Waals surface area contributed by atoms with Gasteiger partial charge in [-0.1, -0.05) is 24.3 Å². The fourth-order valence-electron chi connectivity index (χ4n) is 18.5. The lowest BCUT2D eigenvalue weighted by atomic mass is 9.78. The molecule has 0 aliphatic carbocycles. The van der Waals surface area contributed by atoms with E-state index in [1.54, 1.807) is 43.5 Å². The molecule has 5 saturated heterocycles. The molecule has 0 atom stereocenters. The highest BCUT2D eigenvalue weighted by Gasteiger charge is 2.49. The van der Waals surface area contributed by atoms with Gasteiger partial charge in [0.05, 0.1) is 56.5 Å². The van der Waals surface area contributed by atoms with Gasteiger partial charge in [0, 0.05) is 166 Å². The molecule has 7 aromatic carbocycles. The van der Waals surface area contributed by atoms with Crippen LogP contribution in [0.4, 0.5) is 38.5 Å². The van der Waals surface area contributed by atoms with E-state index in [1.807, 2.05) is 36.4 Å². The third kappa shape index (κ3) is 24.1. The predicted molar refractivity (Wildman–Crippen MR) is 495 cm³/mol. The van der Waals surface area contributed by atoms with Crippen LogP contribution < -0.4 is 46.6 Å². The number of nitro groups is 2. The van der Waals surface area contributed by atoms with Gasteiger partial charge in [-0.25, -0.2) is 14.4 Å². The van der Waals surface area contributed by atoms with E-state index < -0.39 is 15.7 Å². The number of anilines is 4. The number of methoxy groups -OCH3 is 1. The van der Waals surface area contributed by atoms with Crippen molar-refractivity contribution < 1.29 is 47.8 Å². The first-order valence-electron chi connectivity index (χ1n) is 42.5. The van der Waals surface area contributed by atoms with Crippen molar-refractivity contribution >= 4 is 62.5 Å². The number of aromatic nitrogens is 4. The molecule has 5 aliphatic heterocycles. The molecule has 11 N–H and O–H groups in total. The average molecular weight is 1700 g/mol. The summed E-state index contributed by atoms with van der Waals surface area (Å²) < 4.78 is 42.5. The molecule has 9 aromatic rings. The lowest BCUT2D eigenvalue weighted by Crippen LogP contribution is -2.60. The Kier molecular flexibility index (Phi) is 29.3. The van der Waals surface area contributed by atoms with E-state index in [0.717, 1.165) is 157 Å². The highest BCUT2D eigenvalue weighted by molar-refractivity contribution is 5.83. The van der Waals surface area contributed by atoms with E-state index in [-0.39, 0.29) is 109 Å². The average Bonchev–Trinajstić information content (AvgIpc) is 1.35. The number of nitrogen functional groups attached to an aromatic ring is 4. The maximum absolute atomic E-state index is 12.3. The molecule has 26 nitrogen and oxygen atoms in total. The summed E-state index contributed by atoms with van der Waals surface area (Å²) in [4.78, 5) is 58.9. The van der Waals surface area contributed by atoms with Gasteiger partial charge in [-0.3, -0.25) is 49.5 Å². The number of nitrogens with zero attached hydrogens (tertiary/aromatic N) is 9. The number of rotatable bonds is 14. The Hall–Kier alpha value is -10.2. The Bertz CT molecular complexity index is 4900. The molecule has 5 fully saturated rings. The van der Waals surface area contributed by atoms with Gasteiger partial charge in [-0.15, -0.1) is 0 Å². The molecule has 123 heavy (non-hydrogen) atoms. The van der Waals surface area contributed by atoms with Crippen LogP contribution in [0.15, 0.2) is 140 Å². The second-order valence-corrected chi connectivity index (χ2v) is 40.3. The SMILES string of the molecule is CN1C(C)(C)CC(O)CC1(C)C.CN1C(C)(C)CC(Oc2ccc(N)c(N)c2)CC1(C)C.CN1C(C)(C)CC(Oc2ccc([N+](=O)[O-])c(N)c2)CC1(C)C.CN1C(C)(C)CC(Oc2ccc3nc(-c4ccc(-c5nc6ccc(OC7CC(C)(C)N(C)C(C)(C)C7)cc6[nH]5)cc4)[nH]c3c2)CC1(C)C.COc1ccc(C=O)cc1.Nc1cc(F)ccc1[N+](=O)[O-]. The van der Waals surface area contributed by atoms with Crippen molar-refractivity contribution in [3.05, 3.63) is 171 Å². The fourth-order valence-corrected chi connectivity index (χ4v) is 18.5. The van der Waals surface area contributed by atoms with Crippen molar-refractivity contribution in [2.24, 2.45) is 0 Å². The summed E-state index contributed by atoms with van der Waals surface area (Å²) in [6.07, 6.45) is 10.7. The van der Waals surface area contributed by atoms with Gasteiger partial charge in [-0.2, -0.15) is 0 Å². The number of hydrogen-bond donors (Lipinski definition) is 7. The normalized spacial score (nSPS) is 20.5. The number of aliphatic hydroxyl groups is 1. The maximum Gasteiger partial charge on any atom is 0.292 e. The van der Waals surface area contributed by atoms with E-state index in [1.165, 1.54) is 12.1 Å². The molecule has 0 bridgehead atoms. The van der Waals surface area contributed by atoms with Crippen molar-refractivity contribution in [2.75, 3.05) is 65.3 Å². The first-order chi connectivity index (χ1) is 56.9. The molecule has 670 valence electrons. The molecule has 14 rings (SSSR count). The van der Waals surface area contributed by atoms with Crippen molar-refractivity contribution in [3.63, 3.8) is 0 Å². The number of ether oxygens (including phenoxy) is 5. The lowest BCUT2D eigenvalue weighted by molar-refractivity contribution is -0.384. The minimum absolute atomic E-state index is 0.0265. The zero-order valence-electron chi connectivity index (χ0n) is 77.6. The van der Waals surface area contributed by atoms with Crippen molar-refractivity contribution in [1.82, 2.24) is 44.4 Å². The van der Waals surface area contributed by atoms with E-state index >= 15 is 0 Å². The lowest BCUT2D eigenvalue weighted by Gasteiger charge is -2.53. The first-order valence-corrected chi connectivity index (χ1v) is 42.5. The number of benzene rings is 7. The summed E-state index contributed by atoms with van der Waals surface area (Å²) in [6, 6.07) is 40.7. The highest BCUT2D eigenvalue weighted by atomic mass is 19.1. The van der Waals surface area contributed by atoms with Crippen LogP contribution in [0.5, 0.6) is 28.7 Å². The number of carbonyl (C=O) groups is 1. The zero-order chi connectivity index (χ0) is 91.5. The van der Waals surface area contributed by atoms with Crippen LogP contribution in [-0.2, 0) is 0 Å². The van der Waals surface area contributed by atoms with Gasteiger partial charge in [0.15, 0.2) is 0 Å². The quantitative estimate of drug-likeness (QED) is 0.0230. The van der Waals surface area contributed by atoms with Crippen LogP contribution in [0.25, 0.3) is 44.8 Å². The summed E-state index contributed by atoms with van der Waals surface area (Å²) in [6.45, 7) is 45.1. The third-order valence-electron chi connectivity index (χ3n) is 26.6. The van der Waals surface area contributed by atoms with Crippen LogP contribution in [0, 0.1) is 26.0 Å². The van der Waals surface area contributed by atoms with Gasteiger partial charge in [-0.05, 0) is 259 Å². The van der Waals surface area contributed by atoms with Crippen molar-refractivity contribution in [2.45, 2.75) is 289 Å². The Balaban J connectivity index is 0.000000189. The maximum atomic E-state index is 12.3. The summed E-state index contributed by atoms with van der Waals surface area (Å²) >= 11 is 0. The Morgan fingerprint density at radius 3 is 0.959 bits per heavy atom. The van der Waals surface area contributed by atoms with Gasteiger partial charge in [0.2, 0.25) is 0 Å². The van der Waals surface area contributed by atoms with Crippen molar-refractivity contribution in [3.8, 4) is 51.5 Å². The fraction of sp³-hybridized carbons (Fsp3) is 0.531. The number of nitrogens with two attached hydrogens (primary N) is 4. The number of H-pyrrole nitrogens is 2. The minimum Gasteiger partial charge on any atom is -0.497 e. The molecule has 0 saturated carbocycles. The number of aldehydes is 1. The van der Waals surface area contributed by atoms with Crippen LogP contribution in [0.1, 0.15) is 213 Å². The summed E-state index contributed by atoms with van der Waals surface area (Å²) in [5, 5.41) is 30.6. The molecule has 0 unspecified atom stereocenters. The molecular weight excluding hydrogens is 1560 g/mol. The number of hydrogen-bond acceptors (Lipinski definition) is 22. The van der Waals surface area contributed by atoms with Crippen LogP contribution in [-0.4, -0.2) is 194 Å². The summed E-state index contributed by atoms with van der Waals surface area (Å²) in [5.74, 6) is 5.02. The molecule has 2 aromatic heterocycles. The number of nitrogens with one attached hydrogen (secondary N) is 2. The van der Waals surface area contributed by atoms with Crippen LogP contribution >= 0.6 is 0 Å². The molecule has 7 heterocycles. The number of fused-ring (bicyclic) bond motifs is 2. The largest absolute Gasteiger partial charge is 0.497 e. The number of carbonyl (C=O) groups excluding carboxylic acids is 1. The van der Waals surface area contributed by atoms with E-state index in [0.29, 0.717) is 22.7 Å². The van der Waals surface area contributed by atoms with Gasteiger partial charge in [0.25, 0.3) is 11.4 Å². The van der Waals surface area contributed by atoms with E-state index in [4.69, 9.17) is 56.6 Å². The number of halogens is 1. The van der Waals surface area contributed by atoms with Gasteiger partial charge < -0.3 is 61.7 Å². The highest BCUT2D eigenvalue weighted by Crippen LogP contribution is 2.45. The monoisotopic (exact) mass is 1700 g/mol. The minimum atomic E-state index is -0.658. The number of aliphatic hydroxyl groups excluding tert-OH is 1. The first kappa shape index (κ1) is 96.7. The number of imidazole rings is 2. The Morgan fingerprint density at radius 2 is 0.667 bits per heavy atom. The standard InChI is InChI=1S/C40H52N6O2.C16H25N3O3.C16H27N3O.C10H21NO.C8H8O2.C6H5FN2O2/c1-37(2)21-29(22-38(3,4)45(37)9)47-27-15-17-31-33(19-27)43-35(41-31)25-11-13-26(14-12-25)36-42-32-18-16-28(20-34(32)44-36)48-30-23-39(5,6)46(10)40(7,8)24-30;1-15(2)9-12(10-16(3,4)18(15)5)22-11-6-7-14(19(20)21)13(17)8-11;1-15(2)9-12(10-16(3,4)19(15)5)20-11-6-7-13(17)14(18)8-11;1-9(2)6-8(12)7-10(3,4)11(9)5;1-10-8-4-2-7(6-9)3-5-8;7-4-1-2-6(9(10)11)5(8)3-4/h11-20,29-30H,21-24H2,1-10H3,(H,41,43)(H,42,44);6-8,12H,9-10,17H2,1-5H3;6-8,12H,9-10,17-18H2,1-5H3;8,12H,6-7H2,1-5H3;2-6H,1H3;1-3H,8H2. The van der Waals surface area contributed by atoms with E-state index in [9.17, 15) is 34.5 Å². The topological polar surface area (TPSA) is 347 Å². The zero-order valence-corrected chi connectivity index (χ0v) is 77.6. The number of likely N-dealkylation sites (tertiary alicyclic amines) is 5. The molecule has 5 aliphatic rings. The Labute approximate surface area is 727 Å². The molecular formula is C96H138FN15O11. The number of aromatic amines is 2. The van der Waals surface area contributed by atoms with E-state index in [2.05, 4.69) is 245 Å². The summed E-state index contributed by atoms with van der Waals surface area (Å²) in [7, 11) is 12.5. The van der Waals surface area contributed by atoms with Crippen LogP contribution in [0.2, 0.25) is 0 Å². The smallest absolute Gasteiger partial charge is 0.292 e. The molecule has 0 amide bonds. The Morgan fingerprint density at radius 1 is 0.390 bits per heavy atom. The molecule has 0 spiro atoms. The molecule has 0 radical (unpaired) electrons. The van der Waals surface area contributed by atoms with Gasteiger partial charge >= 0.3 is 0 Å². The number of nitro benzene ring substituents is 2. The van der Waals surface area contributed by atoms with Crippen LogP contribution in [0.3, 0.4) is 0 Å². The summed E-state index contributed by atoms with van der Waals surface area (Å²) in [5.41, 5.74) is 30.6. The second-order valence-electron chi connectivity index (χ2n) is 40.3. The van der Waals surface area contributed by atoms with Gasteiger partial charge in [0.1, 0.15) is 88.3 Å². The number of piperidine rings is 5. The molecule has 27 heteroatoms. The third-order valence-corrected chi connectivity index (χ3v) is 26.6.